The quantitative estimate of drug-likeness (QED) is 0.547. The molecular formula is C11H18O. The highest BCUT2D eigenvalue weighted by molar-refractivity contribution is 5.07. The van der Waals surface area contributed by atoms with Crippen LogP contribution in [-0.2, 0) is 0 Å². The second kappa shape index (κ2) is 2.88. The van der Waals surface area contributed by atoms with E-state index in [1.165, 1.54) is 12.8 Å². The van der Waals surface area contributed by atoms with Gasteiger partial charge in [-0.05, 0) is 30.1 Å². The minimum absolute atomic E-state index is 0.163. The van der Waals surface area contributed by atoms with Crippen LogP contribution in [0.3, 0.4) is 0 Å². The monoisotopic (exact) mass is 166 g/mol. The van der Waals surface area contributed by atoms with Gasteiger partial charge in [-0.15, -0.1) is 0 Å². The van der Waals surface area contributed by atoms with E-state index in [4.69, 9.17) is 0 Å². The third kappa shape index (κ3) is 1.11. The zero-order valence-corrected chi connectivity index (χ0v) is 7.90. The SMILES string of the molecule is C[C@H]1C=C[C@@H](O)C2C1CC[C@@H]2C. The number of rotatable bonds is 0. The van der Waals surface area contributed by atoms with Crippen LogP contribution in [0.2, 0.25) is 0 Å². The highest BCUT2D eigenvalue weighted by Crippen LogP contribution is 2.45. The molecule has 0 bridgehead atoms. The summed E-state index contributed by atoms with van der Waals surface area (Å²) in [7, 11) is 0. The zero-order chi connectivity index (χ0) is 8.72. The Morgan fingerprint density at radius 2 is 1.92 bits per heavy atom. The molecule has 0 aromatic rings. The molecule has 12 heavy (non-hydrogen) atoms. The summed E-state index contributed by atoms with van der Waals surface area (Å²) in [6.07, 6.45) is 6.63. The van der Waals surface area contributed by atoms with Crippen LogP contribution in [0.4, 0.5) is 0 Å². The van der Waals surface area contributed by atoms with Gasteiger partial charge in [-0.25, -0.2) is 0 Å². The molecule has 0 spiro atoms. The van der Waals surface area contributed by atoms with Crippen LogP contribution in [0.5, 0.6) is 0 Å². The van der Waals surface area contributed by atoms with Crippen molar-refractivity contribution in [3.63, 3.8) is 0 Å². The summed E-state index contributed by atoms with van der Waals surface area (Å²) >= 11 is 0. The fourth-order valence-corrected chi connectivity index (χ4v) is 3.03. The largest absolute Gasteiger partial charge is 0.389 e. The molecule has 2 aliphatic carbocycles. The standard InChI is InChI=1S/C11H18O/c1-7-4-6-10(12)11-8(2)3-5-9(7)11/h4,6-12H,3,5H2,1-2H3/t7-,8-,9?,10+,11?/m0/s1. The molecule has 0 radical (unpaired) electrons. The minimum Gasteiger partial charge on any atom is -0.389 e. The molecule has 2 aliphatic rings. The van der Waals surface area contributed by atoms with Gasteiger partial charge in [0.2, 0.25) is 0 Å². The van der Waals surface area contributed by atoms with Crippen LogP contribution >= 0.6 is 0 Å². The van der Waals surface area contributed by atoms with Gasteiger partial charge < -0.3 is 5.11 Å². The fourth-order valence-electron chi connectivity index (χ4n) is 3.03. The molecule has 68 valence electrons. The van der Waals surface area contributed by atoms with E-state index in [1.54, 1.807) is 0 Å². The van der Waals surface area contributed by atoms with E-state index in [2.05, 4.69) is 19.9 Å². The van der Waals surface area contributed by atoms with Crippen molar-refractivity contribution in [2.75, 3.05) is 0 Å². The van der Waals surface area contributed by atoms with Crippen molar-refractivity contribution in [3.8, 4) is 0 Å². The van der Waals surface area contributed by atoms with Crippen LogP contribution < -0.4 is 0 Å². The van der Waals surface area contributed by atoms with E-state index in [9.17, 15) is 5.11 Å². The molecule has 0 amide bonds. The third-order valence-corrected chi connectivity index (χ3v) is 3.79. The minimum atomic E-state index is -0.163. The van der Waals surface area contributed by atoms with Crippen molar-refractivity contribution in [1.29, 1.82) is 0 Å². The van der Waals surface area contributed by atoms with Crippen LogP contribution in [0.1, 0.15) is 26.7 Å². The van der Waals surface area contributed by atoms with Gasteiger partial charge in [0.15, 0.2) is 0 Å². The maximum atomic E-state index is 9.78. The average molecular weight is 166 g/mol. The first-order chi connectivity index (χ1) is 5.70. The third-order valence-electron chi connectivity index (χ3n) is 3.79. The van der Waals surface area contributed by atoms with Crippen molar-refractivity contribution in [2.24, 2.45) is 23.7 Å². The molecule has 1 N–H and O–H groups in total. The van der Waals surface area contributed by atoms with E-state index in [0.29, 0.717) is 11.8 Å². The van der Waals surface area contributed by atoms with Crippen LogP contribution in [0.25, 0.3) is 0 Å². The number of aliphatic hydroxyl groups is 1. The van der Waals surface area contributed by atoms with Crippen molar-refractivity contribution < 1.29 is 5.11 Å². The summed E-state index contributed by atoms with van der Waals surface area (Å²) in [5.41, 5.74) is 0. The van der Waals surface area contributed by atoms with Gasteiger partial charge in [-0.1, -0.05) is 32.4 Å². The van der Waals surface area contributed by atoms with Gasteiger partial charge in [0.05, 0.1) is 6.10 Å². The topological polar surface area (TPSA) is 20.2 Å². The summed E-state index contributed by atoms with van der Waals surface area (Å²) in [4.78, 5) is 0. The average Bonchev–Trinajstić information content (AvgIpc) is 2.42. The predicted molar refractivity (Wildman–Crippen MR) is 49.7 cm³/mol. The van der Waals surface area contributed by atoms with E-state index in [-0.39, 0.29) is 6.10 Å². The molecule has 0 saturated heterocycles. The Labute approximate surface area is 74.5 Å². The van der Waals surface area contributed by atoms with Crippen molar-refractivity contribution >= 4 is 0 Å². The maximum absolute atomic E-state index is 9.78. The smallest absolute Gasteiger partial charge is 0.0754 e. The Morgan fingerprint density at radius 1 is 1.17 bits per heavy atom. The number of aliphatic hydroxyl groups excluding tert-OH is 1. The van der Waals surface area contributed by atoms with Gasteiger partial charge in [0.1, 0.15) is 0 Å². The van der Waals surface area contributed by atoms with Crippen molar-refractivity contribution in [1.82, 2.24) is 0 Å². The Kier molecular flexibility index (Phi) is 1.99. The van der Waals surface area contributed by atoms with Crippen molar-refractivity contribution in [3.05, 3.63) is 12.2 Å². The summed E-state index contributed by atoms with van der Waals surface area (Å²) < 4.78 is 0. The highest BCUT2D eigenvalue weighted by atomic mass is 16.3. The molecule has 2 rings (SSSR count). The molecule has 0 aliphatic heterocycles. The molecule has 1 fully saturated rings. The summed E-state index contributed by atoms with van der Waals surface area (Å²) in [5, 5.41) is 9.78. The molecule has 1 nitrogen and oxygen atoms in total. The lowest BCUT2D eigenvalue weighted by molar-refractivity contribution is 0.0808. The first-order valence-electron chi connectivity index (χ1n) is 5.06. The first-order valence-corrected chi connectivity index (χ1v) is 5.06. The Balaban J connectivity index is 2.22. The molecule has 0 aromatic heterocycles. The second-order valence-electron chi connectivity index (χ2n) is 4.53. The molecule has 1 heteroatoms. The molecular weight excluding hydrogens is 148 g/mol. The second-order valence-corrected chi connectivity index (χ2v) is 4.53. The number of hydrogen-bond donors (Lipinski definition) is 1. The van der Waals surface area contributed by atoms with Gasteiger partial charge in [0, 0.05) is 0 Å². The van der Waals surface area contributed by atoms with E-state index >= 15 is 0 Å². The van der Waals surface area contributed by atoms with E-state index in [1.807, 2.05) is 6.08 Å². The van der Waals surface area contributed by atoms with Crippen LogP contribution in [0, 0.1) is 23.7 Å². The predicted octanol–water partition coefficient (Wildman–Crippen LogP) is 2.22. The van der Waals surface area contributed by atoms with Crippen LogP contribution in [0.15, 0.2) is 12.2 Å². The summed E-state index contributed by atoms with van der Waals surface area (Å²) in [5.74, 6) is 2.70. The number of fused-ring (bicyclic) bond motifs is 1. The van der Waals surface area contributed by atoms with Gasteiger partial charge in [-0.2, -0.15) is 0 Å². The highest BCUT2D eigenvalue weighted by Gasteiger charge is 2.41. The first kappa shape index (κ1) is 8.31. The molecule has 0 heterocycles. The van der Waals surface area contributed by atoms with E-state index < -0.39 is 0 Å². The Hall–Kier alpha value is -0.300. The zero-order valence-electron chi connectivity index (χ0n) is 7.90. The number of allylic oxidation sites excluding steroid dienone is 1. The molecule has 2 unspecified atom stereocenters. The summed E-state index contributed by atoms with van der Waals surface area (Å²) in [6, 6.07) is 0. The van der Waals surface area contributed by atoms with E-state index in [0.717, 1.165) is 11.8 Å². The van der Waals surface area contributed by atoms with Gasteiger partial charge >= 0.3 is 0 Å². The van der Waals surface area contributed by atoms with Gasteiger partial charge in [0.25, 0.3) is 0 Å². The lowest BCUT2D eigenvalue weighted by Gasteiger charge is -2.33. The van der Waals surface area contributed by atoms with Crippen LogP contribution in [-0.4, -0.2) is 11.2 Å². The lowest BCUT2D eigenvalue weighted by atomic mass is 9.75. The molecule has 5 atom stereocenters. The van der Waals surface area contributed by atoms with Crippen molar-refractivity contribution in [2.45, 2.75) is 32.8 Å². The molecule has 1 saturated carbocycles. The van der Waals surface area contributed by atoms with Gasteiger partial charge in [-0.3, -0.25) is 0 Å². The number of hydrogen-bond acceptors (Lipinski definition) is 1. The lowest BCUT2D eigenvalue weighted by Crippen LogP contribution is -2.32. The molecule has 0 aromatic carbocycles. The normalized spacial score (nSPS) is 52.4. The maximum Gasteiger partial charge on any atom is 0.0754 e. The fraction of sp³-hybridized carbons (Fsp3) is 0.818. The Morgan fingerprint density at radius 3 is 2.58 bits per heavy atom. The Bertz CT molecular complexity index is 197. The summed E-state index contributed by atoms with van der Waals surface area (Å²) in [6.45, 7) is 4.55.